The molecule has 2 aromatic carbocycles. The number of benzene rings is 2. The van der Waals surface area contributed by atoms with Crippen LogP contribution in [0.25, 0.3) is 11.4 Å². The maximum Gasteiger partial charge on any atom is 0.270 e. The van der Waals surface area contributed by atoms with Gasteiger partial charge in [0.15, 0.2) is 5.82 Å². The minimum atomic E-state index is -0.458. The predicted molar refractivity (Wildman–Crippen MR) is 120 cm³/mol. The molecule has 0 bridgehead atoms. The molecule has 8 nitrogen and oxygen atoms in total. The number of nitro groups is 1. The Morgan fingerprint density at radius 1 is 1.17 bits per heavy atom. The summed E-state index contributed by atoms with van der Waals surface area (Å²) in [6, 6.07) is 13.6. The maximum atomic E-state index is 12.5. The van der Waals surface area contributed by atoms with Crippen molar-refractivity contribution in [1.29, 1.82) is 0 Å². The third-order valence-electron chi connectivity index (χ3n) is 4.39. The van der Waals surface area contributed by atoms with Crippen LogP contribution in [0.3, 0.4) is 0 Å². The lowest BCUT2D eigenvalue weighted by molar-refractivity contribution is -0.384. The topological polar surface area (TPSA) is 101 Å². The molecule has 0 atom stereocenters. The Bertz CT molecular complexity index is 1120. The molecule has 0 unspecified atom stereocenters. The molecule has 30 heavy (non-hydrogen) atoms. The van der Waals surface area contributed by atoms with Gasteiger partial charge in [-0.2, -0.15) is 0 Å². The van der Waals surface area contributed by atoms with Crippen LogP contribution in [0.15, 0.2) is 53.0 Å². The Morgan fingerprint density at radius 3 is 2.63 bits per heavy atom. The molecule has 154 valence electrons. The van der Waals surface area contributed by atoms with Crippen molar-refractivity contribution in [2.24, 2.45) is 0 Å². The first kappa shape index (κ1) is 21.4. The lowest BCUT2D eigenvalue weighted by Gasteiger charge is -2.19. The van der Waals surface area contributed by atoms with E-state index in [9.17, 15) is 14.9 Å². The normalized spacial score (nSPS) is 10.5. The van der Waals surface area contributed by atoms with Gasteiger partial charge in [-0.1, -0.05) is 28.1 Å². The van der Waals surface area contributed by atoms with Crippen molar-refractivity contribution in [3.05, 3.63) is 74.4 Å². The highest BCUT2D eigenvalue weighted by Crippen LogP contribution is 2.24. The number of nitrogens with zero attached hydrogens (tertiary/aromatic N) is 4. The summed E-state index contributed by atoms with van der Waals surface area (Å²) in [4.78, 5) is 33.7. The lowest BCUT2D eigenvalue weighted by atomic mass is 10.2. The van der Waals surface area contributed by atoms with Crippen LogP contribution in [0.2, 0.25) is 0 Å². The van der Waals surface area contributed by atoms with Gasteiger partial charge in [0.25, 0.3) is 5.69 Å². The van der Waals surface area contributed by atoms with Crippen LogP contribution in [-0.2, 0) is 4.79 Å². The molecule has 0 fully saturated rings. The van der Waals surface area contributed by atoms with Crippen LogP contribution >= 0.6 is 15.9 Å². The minimum absolute atomic E-state index is 0.0308. The van der Waals surface area contributed by atoms with E-state index < -0.39 is 4.92 Å². The van der Waals surface area contributed by atoms with Gasteiger partial charge in [0.1, 0.15) is 5.82 Å². The summed E-state index contributed by atoms with van der Waals surface area (Å²) < 4.78 is 0.945. The van der Waals surface area contributed by atoms with Crippen molar-refractivity contribution in [3.63, 3.8) is 0 Å². The number of nitro benzene ring substituents is 1. The zero-order chi connectivity index (χ0) is 21.8. The maximum absolute atomic E-state index is 12.5. The molecule has 0 radical (unpaired) electrons. The first-order valence-corrected chi connectivity index (χ1v) is 9.90. The highest BCUT2D eigenvalue weighted by Gasteiger charge is 2.14. The van der Waals surface area contributed by atoms with Gasteiger partial charge in [0, 0.05) is 46.7 Å². The quantitative estimate of drug-likeness (QED) is 0.420. The molecule has 0 spiro atoms. The number of likely N-dealkylation sites (N-methyl/N-ethyl adjacent to an activating group) is 1. The molecule has 1 aromatic heterocycles. The fraction of sp³-hybridized carbons (Fsp3) is 0.190. The summed E-state index contributed by atoms with van der Waals surface area (Å²) in [6.07, 6.45) is 0. The predicted octanol–water partition coefficient (Wildman–Crippen LogP) is 4.51. The molecular weight excluding hydrogens is 450 g/mol. The van der Waals surface area contributed by atoms with Crippen LogP contribution in [0.4, 0.5) is 17.2 Å². The van der Waals surface area contributed by atoms with Crippen molar-refractivity contribution < 1.29 is 9.72 Å². The summed E-state index contributed by atoms with van der Waals surface area (Å²) >= 11 is 3.41. The fourth-order valence-electron chi connectivity index (χ4n) is 2.89. The van der Waals surface area contributed by atoms with E-state index in [1.54, 1.807) is 30.1 Å². The number of halogens is 1. The molecule has 1 amide bonds. The summed E-state index contributed by atoms with van der Waals surface area (Å²) in [6.45, 7) is 3.81. The average molecular weight is 470 g/mol. The molecular formula is C21H20BrN5O3. The van der Waals surface area contributed by atoms with Gasteiger partial charge >= 0.3 is 0 Å². The third kappa shape index (κ3) is 5.18. The molecule has 0 aliphatic carbocycles. The molecule has 1 N–H and O–H groups in total. The number of nitrogens with one attached hydrogen (secondary N) is 1. The molecule has 9 heteroatoms. The van der Waals surface area contributed by atoms with Crippen LogP contribution in [0.5, 0.6) is 0 Å². The second-order valence-electron chi connectivity index (χ2n) is 6.86. The molecule has 0 aliphatic rings. The molecule has 0 saturated heterocycles. The Hall–Kier alpha value is -3.33. The second kappa shape index (κ2) is 9.00. The number of anilines is 2. The zero-order valence-electron chi connectivity index (χ0n) is 16.7. The number of non-ortho nitro benzene ring substituents is 1. The second-order valence-corrected chi connectivity index (χ2v) is 7.78. The number of hydrogen-bond acceptors (Lipinski definition) is 6. The molecule has 3 rings (SSSR count). The number of amides is 1. The first-order chi connectivity index (χ1) is 14.2. The number of carbonyl (C=O) groups is 1. The third-order valence-corrected chi connectivity index (χ3v) is 4.88. The van der Waals surface area contributed by atoms with Crippen molar-refractivity contribution >= 4 is 39.0 Å². The SMILES string of the molecule is Cc1cc(N(C)CC(=O)Nc2ccc(Br)cc2C)nc(-c2cccc([N+](=O)[O-])c2)n1. The van der Waals surface area contributed by atoms with E-state index in [2.05, 4.69) is 31.2 Å². The van der Waals surface area contributed by atoms with E-state index in [1.807, 2.05) is 32.0 Å². The number of aromatic nitrogens is 2. The highest BCUT2D eigenvalue weighted by molar-refractivity contribution is 9.10. The summed E-state index contributed by atoms with van der Waals surface area (Å²) in [7, 11) is 1.76. The van der Waals surface area contributed by atoms with Crippen molar-refractivity contribution in [2.75, 3.05) is 23.8 Å². The Morgan fingerprint density at radius 2 is 1.93 bits per heavy atom. The number of carbonyl (C=O) groups excluding carboxylic acids is 1. The Balaban J connectivity index is 1.79. The molecule has 1 heterocycles. The van der Waals surface area contributed by atoms with E-state index in [-0.39, 0.29) is 18.1 Å². The standard InChI is InChI=1S/C21H20BrN5O3/c1-13-9-16(22)7-8-18(13)24-20(28)12-26(3)19-10-14(2)23-21(25-19)15-5-4-6-17(11-15)27(29)30/h4-11H,12H2,1-3H3,(H,24,28). The Labute approximate surface area is 182 Å². The van der Waals surface area contributed by atoms with Crippen LogP contribution in [0, 0.1) is 24.0 Å². The van der Waals surface area contributed by atoms with Crippen LogP contribution in [0.1, 0.15) is 11.3 Å². The summed E-state index contributed by atoms with van der Waals surface area (Å²) in [5.74, 6) is 0.729. The molecule has 0 aliphatic heterocycles. The monoisotopic (exact) mass is 469 g/mol. The largest absolute Gasteiger partial charge is 0.350 e. The van der Waals surface area contributed by atoms with E-state index >= 15 is 0 Å². The van der Waals surface area contributed by atoms with E-state index in [1.165, 1.54) is 12.1 Å². The van der Waals surface area contributed by atoms with Gasteiger partial charge in [-0.3, -0.25) is 14.9 Å². The van der Waals surface area contributed by atoms with Gasteiger partial charge in [0.05, 0.1) is 11.5 Å². The molecule has 0 saturated carbocycles. The van der Waals surface area contributed by atoms with E-state index in [4.69, 9.17) is 0 Å². The molecule has 3 aromatic rings. The smallest absolute Gasteiger partial charge is 0.270 e. The summed E-state index contributed by atoms with van der Waals surface area (Å²) in [5.41, 5.74) is 2.89. The average Bonchev–Trinajstić information content (AvgIpc) is 2.69. The minimum Gasteiger partial charge on any atom is -0.350 e. The van der Waals surface area contributed by atoms with E-state index in [0.717, 1.165) is 15.7 Å². The number of rotatable bonds is 6. The lowest BCUT2D eigenvalue weighted by Crippen LogP contribution is -2.31. The highest BCUT2D eigenvalue weighted by atomic mass is 79.9. The van der Waals surface area contributed by atoms with E-state index in [0.29, 0.717) is 22.9 Å². The van der Waals surface area contributed by atoms with Crippen molar-refractivity contribution in [2.45, 2.75) is 13.8 Å². The van der Waals surface area contributed by atoms with Gasteiger partial charge < -0.3 is 10.2 Å². The zero-order valence-corrected chi connectivity index (χ0v) is 18.3. The number of hydrogen-bond donors (Lipinski definition) is 1. The first-order valence-electron chi connectivity index (χ1n) is 9.10. The van der Waals surface area contributed by atoms with Crippen molar-refractivity contribution in [1.82, 2.24) is 9.97 Å². The van der Waals surface area contributed by atoms with Gasteiger partial charge in [-0.15, -0.1) is 0 Å². The van der Waals surface area contributed by atoms with Crippen molar-refractivity contribution in [3.8, 4) is 11.4 Å². The van der Waals surface area contributed by atoms with Gasteiger partial charge in [-0.25, -0.2) is 9.97 Å². The van der Waals surface area contributed by atoms with Crippen LogP contribution < -0.4 is 10.2 Å². The van der Waals surface area contributed by atoms with Crippen LogP contribution in [-0.4, -0.2) is 34.4 Å². The van der Waals surface area contributed by atoms with Gasteiger partial charge in [0.2, 0.25) is 5.91 Å². The number of aryl methyl sites for hydroxylation is 2. The van der Waals surface area contributed by atoms with Gasteiger partial charge in [-0.05, 0) is 37.6 Å². The Kier molecular flexibility index (Phi) is 6.41. The summed E-state index contributed by atoms with van der Waals surface area (Å²) in [5, 5.41) is 13.9. The fourth-order valence-corrected chi connectivity index (χ4v) is 3.36.